The molecule has 0 spiro atoms. The molecule has 1 N–H and O–H groups in total. The number of fused-ring (bicyclic) bond motifs is 1. The molecular formula is C14H16N2O4S. The first-order valence-electron chi connectivity index (χ1n) is 6.41. The van der Waals surface area contributed by atoms with E-state index in [4.69, 9.17) is 4.74 Å². The van der Waals surface area contributed by atoms with E-state index >= 15 is 0 Å². The predicted octanol–water partition coefficient (Wildman–Crippen LogP) is 1.27. The van der Waals surface area contributed by atoms with E-state index in [0.29, 0.717) is 12.1 Å². The van der Waals surface area contributed by atoms with E-state index in [1.54, 1.807) is 11.5 Å². The van der Waals surface area contributed by atoms with Crippen LogP contribution in [0, 0.1) is 0 Å². The molecule has 2 rings (SSSR count). The zero-order valence-corrected chi connectivity index (χ0v) is 12.8. The molecule has 21 heavy (non-hydrogen) atoms. The number of allylic oxidation sites excluding steroid dienone is 1. The molecule has 0 bridgehead atoms. The lowest BCUT2D eigenvalue weighted by Gasteiger charge is -2.38. The van der Waals surface area contributed by atoms with E-state index in [9.17, 15) is 14.4 Å². The molecule has 2 aliphatic rings. The lowest BCUT2D eigenvalue weighted by molar-refractivity contribution is -0.144. The van der Waals surface area contributed by atoms with Crippen LogP contribution < -0.4 is 5.32 Å². The highest BCUT2D eigenvalue weighted by molar-refractivity contribution is 8.05. The molecule has 0 saturated carbocycles. The van der Waals surface area contributed by atoms with Gasteiger partial charge >= 0.3 is 5.97 Å². The molecule has 0 unspecified atom stereocenters. The summed E-state index contributed by atoms with van der Waals surface area (Å²) in [5.41, 5.74) is 1.02. The highest BCUT2D eigenvalue weighted by atomic mass is 32.2. The van der Waals surface area contributed by atoms with Gasteiger partial charge < -0.3 is 10.1 Å². The smallest absolute Gasteiger partial charge is 0.355 e. The first kappa shape index (κ1) is 15.4. The van der Waals surface area contributed by atoms with Crippen molar-refractivity contribution in [3.05, 3.63) is 33.9 Å². The molecule has 7 heteroatoms. The van der Waals surface area contributed by atoms with E-state index < -0.39 is 5.97 Å². The lowest BCUT2D eigenvalue weighted by atomic mass is 9.94. The molecule has 2 amide bonds. The van der Waals surface area contributed by atoms with Crippen LogP contribution in [-0.2, 0) is 19.1 Å². The van der Waals surface area contributed by atoms with Gasteiger partial charge in [-0.2, -0.15) is 0 Å². The van der Waals surface area contributed by atoms with Crippen LogP contribution >= 0.6 is 11.8 Å². The molecule has 2 aliphatic heterocycles. The third-order valence-corrected chi connectivity index (χ3v) is 4.19. The zero-order valence-electron chi connectivity index (χ0n) is 12.0. The summed E-state index contributed by atoms with van der Waals surface area (Å²) < 4.78 is 4.76. The number of carbonyl (C=O) groups is 3. The summed E-state index contributed by atoms with van der Waals surface area (Å²) in [4.78, 5) is 36.9. The molecule has 1 atom stereocenters. The van der Waals surface area contributed by atoms with Gasteiger partial charge in [-0.05, 0) is 12.3 Å². The van der Waals surface area contributed by atoms with Crippen LogP contribution in [0.4, 0.5) is 0 Å². The van der Waals surface area contributed by atoms with Crippen LogP contribution in [0.15, 0.2) is 33.9 Å². The van der Waals surface area contributed by atoms with Crippen LogP contribution in [0.2, 0.25) is 0 Å². The Morgan fingerprint density at radius 2 is 2.19 bits per heavy atom. The Hall–Kier alpha value is -2.02. The van der Waals surface area contributed by atoms with Crippen LogP contribution in [0.25, 0.3) is 0 Å². The van der Waals surface area contributed by atoms with Gasteiger partial charge in [0.1, 0.15) is 5.70 Å². The molecule has 0 aromatic rings. The average molecular weight is 308 g/mol. The topological polar surface area (TPSA) is 75.7 Å². The highest BCUT2D eigenvalue weighted by Gasteiger charge is 2.51. The number of methoxy groups -OCH3 is 1. The van der Waals surface area contributed by atoms with Crippen molar-refractivity contribution in [3.63, 3.8) is 0 Å². The number of esters is 1. The van der Waals surface area contributed by atoms with Crippen molar-refractivity contribution >= 4 is 29.5 Å². The lowest BCUT2D eigenvalue weighted by Crippen LogP contribution is -2.52. The Morgan fingerprint density at radius 1 is 1.48 bits per heavy atom. The Morgan fingerprint density at radius 3 is 2.76 bits per heavy atom. The van der Waals surface area contributed by atoms with E-state index in [2.05, 4.69) is 5.32 Å². The second-order valence-electron chi connectivity index (χ2n) is 4.52. The number of rotatable bonds is 4. The summed E-state index contributed by atoms with van der Waals surface area (Å²) in [5.74, 6) is -0.837. The number of ether oxygens (including phenoxy) is 1. The van der Waals surface area contributed by atoms with Crippen molar-refractivity contribution in [2.45, 2.75) is 26.3 Å². The summed E-state index contributed by atoms with van der Waals surface area (Å²) >= 11 is 1.30. The minimum absolute atomic E-state index is 0.0757. The van der Waals surface area contributed by atoms with Gasteiger partial charge in [0.2, 0.25) is 5.91 Å². The van der Waals surface area contributed by atoms with E-state index in [1.807, 2.05) is 6.92 Å². The van der Waals surface area contributed by atoms with Crippen molar-refractivity contribution in [2.24, 2.45) is 0 Å². The van der Waals surface area contributed by atoms with Gasteiger partial charge in [-0.1, -0.05) is 17.8 Å². The van der Waals surface area contributed by atoms with Crippen LogP contribution in [0.3, 0.4) is 0 Å². The van der Waals surface area contributed by atoms with Crippen molar-refractivity contribution in [3.8, 4) is 0 Å². The fraction of sp³-hybridized carbons (Fsp3) is 0.357. The van der Waals surface area contributed by atoms with Gasteiger partial charge in [0, 0.05) is 30.0 Å². The molecule has 6 nitrogen and oxygen atoms in total. The average Bonchev–Trinajstić information content (AvgIpc) is 2.78. The molecular weight excluding hydrogens is 292 g/mol. The zero-order chi connectivity index (χ0) is 15.6. The van der Waals surface area contributed by atoms with Crippen molar-refractivity contribution in [1.82, 2.24) is 10.2 Å². The molecule has 1 saturated heterocycles. The second-order valence-corrected chi connectivity index (χ2v) is 5.52. The Labute approximate surface area is 126 Å². The van der Waals surface area contributed by atoms with E-state index in [-0.39, 0.29) is 17.9 Å². The number of nitrogens with one attached hydrogen (secondary N) is 1. The molecule has 2 heterocycles. The second kappa shape index (κ2) is 6.17. The standard InChI is InChI=1S/C14H16N2O4S/c1-4-9-10-7-11(21-6-5-15-8(2)17)12(14(19)20-3)16(10)13(9)18/h4-6,10H,7H2,1-3H3,(H,15,17)/t10-/m1/s1. The molecule has 0 aromatic heterocycles. The van der Waals surface area contributed by atoms with Crippen molar-refractivity contribution in [2.75, 3.05) is 7.11 Å². The van der Waals surface area contributed by atoms with Gasteiger partial charge in [-0.3, -0.25) is 14.5 Å². The highest BCUT2D eigenvalue weighted by Crippen LogP contribution is 2.46. The SMILES string of the molecule is CC=C1C(=O)N2C(C(=O)OC)=C(SC=CNC(C)=O)C[C@H]12. The number of hydrogen-bond acceptors (Lipinski definition) is 5. The summed E-state index contributed by atoms with van der Waals surface area (Å²) in [5, 5.41) is 4.20. The fourth-order valence-corrected chi connectivity index (χ4v) is 3.21. The number of hydrogen-bond donors (Lipinski definition) is 1. The summed E-state index contributed by atoms with van der Waals surface area (Å²) in [6.07, 6.45) is 3.87. The van der Waals surface area contributed by atoms with Gasteiger partial charge in [-0.25, -0.2) is 4.79 Å². The van der Waals surface area contributed by atoms with Crippen molar-refractivity contribution < 1.29 is 19.1 Å². The third-order valence-electron chi connectivity index (χ3n) is 3.27. The number of amides is 2. The van der Waals surface area contributed by atoms with Crippen LogP contribution in [0.5, 0.6) is 0 Å². The minimum Gasteiger partial charge on any atom is -0.464 e. The first-order valence-corrected chi connectivity index (χ1v) is 7.29. The summed E-state index contributed by atoms with van der Waals surface area (Å²) in [6, 6.07) is -0.0757. The maximum atomic E-state index is 12.0. The van der Waals surface area contributed by atoms with Crippen molar-refractivity contribution in [1.29, 1.82) is 0 Å². The van der Waals surface area contributed by atoms with Crippen LogP contribution in [0.1, 0.15) is 20.3 Å². The molecule has 0 aliphatic carbocycles. The number of β-lactam (4-membered cyclic amide) rings is 1. The maximum Gasteiger partial charge on any atom is 0.355 e. The molecule has 1 fully saturated rings. The maximum absolute atomic E-state index is 12.0. The Kier molecular flexibility index (Phi) is 4.52. The van der Waals surface area contributed by atoms with Gasteiger partial charge in [0.05, 0.1) is 13.2 Å². The fourth-order valence-electron chi connectivity index (χ4n) is 2.36. The molecule has 0 radical (unpaired) electrons. The quantitative estimate of drug-likeness (QED) is 0.481. The number of nitrogens with zero attached hydrogens (tertiary/aromatic N) is 1. The van der Waals surface area contributed by atoms with E-state index in [0.717, 1.165) is 10.5 Å². The number of carbonyl (C=O) groups excluding carboxylic acids is 3. The van der Waals surface area contributed by atoms with Crippen LogP contribution in [-0.4, -0.2) is 35.8 Å². The van der Waals surface area contributed by atoms with Gasteiger partial charge in [0.15, 0.2) is 0 Å². The summed E-state index contributed by atoms with van der Waals surface area (Å²) in [6.45, 7) is 3.22. The minimum atomic E-state index is -0.517. The largest absolute Gasteiger partial charge is 0.464 e. The molecule has 0 aromatic carbocycles. The Bertz CT molecular complexity index is 592. The van der Waals surface area contributed by atoms with Gasteiger partial charge in [-0.15, -0.1) is 0 Å². The number of thioether (sulfide) groups is 1. The molecule has 112 valence electrons. The third kappa shape index (κ3) is 2.73. The van der Waals surface area contributed by atoms with E-state index in [1.165, 1.54) is 36.9 Å². The Balaban J connectivity index is 2.19. The normalized spacial score (nSPS) is 22.6. The monoisotopic (exact) mass is 308 g/mol. The van der Waals surface area contributed by atoms with Gasteiger partial charge in [0.25, 0.3) is 5.91 Å². The summed E-state index contributed by atoms with van der Waals surface area (Å²) in [7, 11) is 1.29. The first-order chi connectivity index (χ1) is 10.0. The predicted molar refractivity (Wildman–Crippen MR) is 78.6 cm³/mol.